The summed E-state index contributed by atoms with van der Waals surface area (Å²) in [5.74, 6) is 3.27. The third-order valence-corrected chi connectivity index (χ3v) is 8.98. The van der Waals surface area contributed by atoms with Crippen LogP contribution in [0.25, 0.3) is 5.57 Å². The lowest BCUT2D eigenvalue weighted by Crippen LogP contribution is -2.50. The Balaban J connectivity index is 1.41. The monoisotopic (exact) mass is 389 g/mol. The molecule has 4 aliphatic rings. The molecule has 1 aromatic rings. The topological polar surface area (TPSA) is 22.1 Å². The second-order valence-electron chi connectivity index (χ2n) is 10.5. The highest BCUT2D eigenvalue weighted by Crippen LogP contribution is 2.66. The van der Waals surface area contributed by atoms with Gasteiger partial charge in [0.2, 0.25) is 0 Å². The van der Waals surface area contributed by atoms with Crippen molar-refractivity contribution in [1.29, 1.82) is 0 Å². The number of hydrogen-bond acceptors (Lipinski definition) is 2. The largest absolute Gasteiger partial charge is 0.495 e. The number of pyridine rings is 1. The van der Waals surface area contributed by atoms with Gasteiger partial charge >= 0.3 is 0 Å². The van der Waals surface area contributed by atoms with Crippen LogP contribution in [0.5, 0.6) is 0 Å². The van der Waals surface area contributed by atoms with E-state index < -0.39 is 0 Å². The molecule has 29 heavy (non-hydrogen) atoms. The van der Waals surface area contributed by atoms with Gasteiger partial charge in [-0.3, -0.25) is 4.98 Å². The van der Waals surface area contributed by atoms with Crippen molar-refractivity contribution < 1.29 is 4.74 Å². The Morgan fingerprint density at radius 3 is 2.69 bits per heavy atom. The van der Waals surface area contributed by atoms with Gasteiger partial charge in [0.1, 0.15) is 6.10 Å². The van der Waals surface area contributed by atoms with Crippen molar-refractivity contribution in [3.8, 4) is 0 Å². The summed E-state index contributed by atoms with van der Waals surface area (Å²) in [5.41, 5.74) is 5.26. The van der Waals surface area contributed by atoms with Crippen LogP contribution in [0.1, 0.15) is 71.3 Å². The van der Waals surface area contributed by atoms with Crippen molar-refractivity contribution in [3.05, 3.63) is 60.2 Å². The molecule has 154 valence electrons. The fourth-order valence-corrected chi connectivity index (χ4v) is 7.55. The molecule has 2 saturated carbocycles. The minimum Gasteiger partial charge on any atom is -0.495 e. The van der Waals surface area contributed by atoms with E-state index >= 15 is 0 Å². The SMILES string of the molecule is C=C(C)OC1CCC2(C)C(=CCC3C2CCC2(C)C(c4cccnc4)=CCC32)C1. The Hall–Kier alpha value is -1.83. The Labute approximate surface area is 176 Å². The van der Waals surface area contributed by atoms with Crippen LogP contribution in [0.3, 0.4) is 0 Å². The number of nitrogens with zero attached hydrogens (tertiary/aromatic N) is 1. The molecular formula is C27H35NO. The van der Waals surface area contributed by atoms with Crippen molar-refractivity contribution in [3.63, 3.8) is 0 Å². The molecule has 0 bridgehead atoms. The van der Waals surface area contributed by atoms with Crippen LogP contribution in [0.2, 0.25) is 0 Å². The van der Waals surface area contributed by atoms with Gasteiger partial charge in [0.05, 0.1) is 5.76 Å². The Morgan fingerprint density at radius 2 is 1.93 bits per heavy atom. The third-order valence-electron chi connectivity index (χ3n) is 8.98. The molecule has 0 aromatic carbocycles. The molecule has 5 rings (SSSR count). The van der Waals surface area contributed by atoms with Crippen LogP contribution in [0.15, 0.2) is 54.6 Å². The first-order valence-corrected chi connectivity index (χ1v) is 11.5. The predicted molar refractivity (Wildman–Crippen MR) is 119 cm³/mol. The van der Waals surface area contributed by atoms with Crippen LogP contribution in [-0.2, 0) is 4.74 Å². The number of fused-ring (bicyclic) bond motifs is 5. The van der Waals surface area contributed by atoms with Gasteiger partial charge in [-0.2, -0.15) is 0 Å². The van der Waals surface area contributed by atoms with Crippen molar-refractivity contribution >= 4 is 5.57 Å². The molecule has 0 aliphatic heterocycles. The third kappa shape index (κ3) is 2.94. The second kappa shape index (κ2) is 6.86. The number of aromatic nitrogens is 1. The van der Waals surface area contributed by atoms with E-state index in [1.54, 1.807) is 11.1 Å². The first-order valence-electron chi connectivity index (χ1n) is 11.5. The van der Waals surface area contributed by atoms with Crippen LogP contribution in [0, 0.1) is 28.6 Å². The summed E-state index contributed by atoms with van der Waals surface area (Å²) in [7, 11) is 0. The van der Waals surface area contributed by atoms with E-state index in [9.17, 15) is 0 Å². The molecule has 0 saturated heterocycles. The van der Waals surface area contributed by atoms with E-state index in [1.165, 1.54) is 44.1 Å². The molecule has 1 aromatic heterocycles. The normalized spacial score (nSPS) is 40.8. The molecule has 6 unspecified atom stereocenters. The zero-order valence-corrected chi connectivity index (χ0v) is 18.3. The van der Waals surface area contributed by atoms with Gasteiger partial charge in [0.25, 0.3) is 0 Å². The van der Waals surface area contributed by atoms with Gasteiger partial charge in [-0.15, -0.1) is 0 Å². The summed E-state index contributed by atoms with van der Waals surface area (Å²) in [5, 5.41) is 0. The van der Waals surface area contributed by atoms with E-state index in [-0.39, 0.29) is 0 Å². The van der Waals surface area contributed by atoms with E-state index in [0.29, 0.717) is 16.9 Å². The summed E-state index contributed by atoms with van der Waals surface area (Å²) in [6.45, 7) is 11.1. The zero-order chi connectivity index (χ0) is 20.2. The lowest BCUT2D eigenvalue weighted by atomic mass is 9.47. The van der Waals surface area contributed by atoms with Gasteiger partial charge in [0.15, 0.2) is 0 Å². The number of rotatable bonds is 3. The van der Waals surface area contributed by atoms with Crippen LogP contribution >= 0.6 is 0 Å². The number of allylic oxidation sites excluding steroid dienone is 4. The first kappa shape index (κ1) is 19.2. The molecule has 1 heterocycles. The lowest BCUT2D eigenvalue weighted by molar-refractivity contribution is -0.0280. The smallest absolute Gasteiger partial charge is 0.102 e. The van der Waals surface area contributed by atoms with Gasteiger partial charge in [-0.05, 0) is 91.2 Å². The Bertz CT molecular complexity index is 868. The minimum atomic E-state index is 0.312. The maximum absolute atomic E-state index is 6.02. The molecule has 2 nitrogen and oxygen atoms in total. The summed E-state index contributed by atoms with van der Waals surface area (Å²) >= 11 is 0. The molecule has 0 spiro atoms. The van der Waals surface area contributed by atoms with Crippen LogP contribution < -0.4 is 0 Å². The highest BCUT2D eigenvalue weighted by Gasteiger charge is 2.56. The molecule has 2 heteroatoms. The van der Waals surface area contributed by atoms with E-state index in [0.717, 1.165) is 29.9 Å². The molecule has 0 radical (unpaired) electrons. The van der Waals surface area contributed by atoms with E-state index in [2.05, 4.69) is 55.9 Å². The average molecular weight is 390 g/mol. The Morgan fingerprint density at radius 1 is 1.10 bits per heavy atom. The van der Waals surface area contributed by atoms with Crippen molar-refractivity contribution in [2.45, 2.75) is 71.8 Å². The van der Waals surface area contributed by atoms with Gasteiger partial charge in [-0.1, -0.05) is 44.2 Å². The summed E-state index contributed by atoms with van der Waals surface area (Å²) in [4.78, 5) is 4.40. The fourth-order valence-electron chi connectivity index (χ4n) is 7.55. The van der Waals surface area contributed by atoms with Gasteiger partial charge in [0, 0.05) is 18.8 Å². The lowest BCUT2D eigenvalue weighted by Gasteiger charge is -2.58. The molecule has 2 fully saturated rings. The predicted octanol–water partition coefficient (Wildman–Crippen LogP) is 6.96. The van der Waals surface area contributed by atoms with Crippen LogP contribution in [-0.4, -0.2) is 11.1 Å². The summed E-state index contributed by atoms with van der Waals surface area (Å²) < 4.78 is 6.02. The van der Waals surface area contributed by atoms with E-state index in [1.807, 2.05) is 13.1 Å². The van der Waals surface area contributed by atoms with Gasteiger partial charge < -0.3 is 4.74 Å². The first-order chi connectivity index (χ1) is 13.9. The molecule has 0 amide bonds. The van der Waals surface area contributed by atoms with Crippen LogP contribution in [0.4, 0.5) is 0 Å². The Kier molecular flexibility index (Phi) is 4.53. The molecule has 6 atom stereocenters. The summed E-state index contributed by atoms with van der Waals surface area (Å²) in [6.07, 6.45) is 18.2. The summed E-state index contributed by atoms with van der Waals surface area (Å²) in [6, 6.07) is 4.34. The highest BCUT2D eigenvalue weighted by atomic mass is 16.5. The van der Waals surface area contributed by atoms with Crippen molar-refractivity contribution in [2.75, 3.05) is 0 Å². The standard InChI is InChI=1S/C27H35NO/c1-18(2)29-21-11-13-26(3)20(16-21)7-8-22-24-10-9-23(19-6-5-15-28-17-19)27(24,4)14-12-25(22)26/h5-7,9,15,17,21-22,24-25H,1,8,10-14,16H2,2-4H3. The molecule has 4 aliphatic carbocycles. The number of ether oxygens (including phenoxy) is 1. The average Bonchev–Trinajstić information content (AvgIpc) is 3.06. The van der Waals surface area contributed by atoms with Gasteiger partial charge in [-0.25, -0.2) is 0 Å². The maximum atomic E-state index is 6.02. The molecule has 0 N–H and O–H groups in total. The number of hydrogen-bond donors (Lipinski definition) is 0. The fraction of sp³-hybridized carbons (Fsp3) is 0.593. The zero-order valence-electron chi connectivity index (χ0n) is 18.3. The highest BCUT2D eigenvalue weighted by molar-refractivity contribution is 5.72. The van der Waals surface area contributed by atoms with Crippen molar-refractivity contribution in [2.24, 2.45) is 28.6 Å². The molecular weight excluding hydrogens is 354 g/mol. The van der Waals surface area contributed by atoms with E-state index in [4.69, 9.17) is 4.74 Å². The quantitative estimate of drug-likeness (QED) is 0.412. The minimum absolute atomic E-state index is 0.312. The second-order valence-corrected chi connectivity index (χ2v) is 10.5. The maximum Gasteiger partial charge on any atom is 0.102 e. The van der Waals surface area contributed by atoms with Crippen molar-refractivity contribution in [1.82, 2.24) is 4.98 Å².